The summed E-state index contributed by atoms with van der Waals surface area (Å²) in [5, 5.41) is 14.3. The molecule has 3 N–H and O–H groups in total. The second kappa shape index (κ2) is 13.2. The molecule has 8 heteroatoms. The minimum atomic E-state index is -0.964. The average molecular weight is 579 g/mol. The molecule has 1 aliphatic carbocycles. The Kier molecular flexibility index (Phi) is 9.54. The van der Waals surface area contributed by atoms with Gasteiger partial charge in [-0.3, -0.25) is 14.5 Å². The van der Waals surface area contributed by atoms with Gasteiger partial charge in [-0.15, -0.1) is 0 Å². The topological polar surface area (TPSA) is 98.7 Å². The molecule has 0 saturated heterocycles. The number of halogens is 1. The Morgan fingerprint density at radius 3 is 2.29 bits per heavy atom. The number of urea groups is 1. The number of anilines is 2. The minimum Gasteiger partial charge on any atom is -0.481 e. The van der Waals surface area contributed by atoms with Crippen molar-refractivity contribution < 1.29 is 19.5 Å². The monoisotopic (exact) mass is 577 g/mol. The molecule has 0 bridgehead atoms. The van der Waals surface area contributed by atoms with E-state index in [0.717, 1.165) is 15.7 Å². The van der Waals surface area contributed by atoms with E-state index in [4.69, 9.17) is 5.11 Å². The van der Waals surface area contributed by atoms with Crippen LogP contribution in [0.5, 0.6) is 0 Å². The number of carboxylic acids is 1. The Morgan fingerprint density at radius 1 is 0.921 bits per heavy atom. The smallest absolute Gasteiger partial charge is 0.326 e. The molecular formula is C30H32BrN3O4. The fourth-order valence-corrected chi connectivity index (χ4v) is 5.13. The highest BCUT2D eigenvalue weighted by Crippen LogP contribution is 2.33. The summed E-state index contributed by atoms with van der Waals surface area (Å²) in [6, 6.07) is 22.5. The van der Waals surface area contributed by atoms with Crippen LogP contribution in [0.4, 0.5) is 16.2 Å². The SMILES string of the molecule is O=C(O)CCNC(=O)c1ccc(CN(C(=O)Nc2cccc(Br)c2)c2ccc(C3CCCCC3)cc2)cc1. The predicted octanol–water partition coefficient (Wildman–Crippen LogP) is 6.94. The van der Waals surface area contributed by atoms with Crippen molar-refractivity contribution >= 4 is 45.2 Å². The summed E-state index contributed by atoms with van der Waals surface area (Å²) in [7, 11) is 0. The lowest BCUT2D eigenvalue weighted by molar-refractivity contribution is -0.136. The van der Waals surface area contributed by atoms with E-state index in [1.165, 1.54) is 37.7 Å². The van der Waals surface area contributed by atoms with Crippen molar-refractivity contribution in [3.05, 3.63) is 94.0 Å². The lowest BCUT2D eigenvalue weighted by Gasteiger charge is -2.26. The van der Waals surface area contributed by atoms with Crippen LogP contribution in [0, 0.1) is 0 Å². The first kappa shape index (κ1) is 27.4. The largest absolute Gasteiger partial charge is 0.481 e. The summed E-state index contributed by atoms with van der Waals surface area (Å²) in [5.41, 5.74) is 4.07. The van der Waals surface area contributed by atoms with Gasteiger partial charge >= 0.3 is 12.0 Å². The Labute approximate surface area is 231 Å². The van der Waals surface area contributed by atoms with Crippen LogP contribution in [0.25, 0.3) is 0 Å². The maximum Gasteiger partial charge on any atom is 0.326 e. The molecule has 0 unspecified atom stereocenters. The zero-order chi connectivity index (χ0) is 26.9. The maximum absolute atomic E-state index is 13.5. The van der Waals surface area contributed by atoms with E-state index in [9.17, 15) is 14.4 Å². The van der Waals surface area contributed by atoms with Crippen molar-refractivity contribution in [3.63, 3.8) is 0 Å². The molecule has 1 fully saturated rings. The molecule has 3 aromatic rings. The zero-order valence-corrected chi connectivity index (χ0v) is 22.7. The number of nitrogens with zero attached hydrogens (tertiary/aromatic N) is 1. The molecule has 7 nitrogen and oxygen atoms in total. The Morgan fingerprint density at radius 2 is 1.63 bits per heavy atom. The van der Waals surface area contributed by atoms with Gasteiger partial charge in [0, 0.05) is 28.0 Å². The summed E-state index contributed by atoms with van der Waals surface area (Å²) in [5.74, 6) is -0.718. The molecule has 0 aliphatic heterocycles. The van der Waals surface area contributed by atoms with Crippen molar-refractivity contribution in [1.29, 1.82) is 0 Å². The predicted molar refractivity (Wildman–Crippen MR) is 153 cm³/mol. The number of hydrogen-bond donors (Lipinski definition) is 3. The third kappa shape index (κ3) is 7.68. The van der Waals surface area contributed by atoms with Crippen LogP contribution in [0.2, 0.25) is 0 Å². The van der Waals surface area contributed by atoms with Gasteiger partial charge in [0.15, 0.2) is 0 Å². The number of carbonyl (C=O) groups is 3. The molecular weight excluding hydrogens is 546 g/mol. The second-order valence-corrected chi connectivity index (χ2v) is 10.5. The van der Waals surface area contributed by atoms with Gasteiger partial charge in [0.05, 0.1) is 13.0 Å². The highest BCUT2D eigenvalue weighted by molar-refractivity contribution is 9.10. The molecule has 198 valence electrons. The normalized spacial score (nSPS) is 13.5. The standard InChI is InChI=1S/C30H32BrN3O4/c31-25-7-4-8-26(19-25)33-30(38)34(27-15-13-23(14-16-27)22-5-2-1-3-6-22)20-21-9-11-24(12-10-21)29(37)32-18-17-28(35)36/h4,7-16,19,22H,1-3,5-6,17-18,20H2,(H,32,37)(H,33,38)(H,35,36). The van der Waals surface area contributed by atoms with Crippen LogP contribution >= 0.6 is 15.9 Å². The summed E-state index contributed by atoms with van der Waals surface area (Å²) in [6.45, 7) is 0.375. The molecule has 3 amide bonds. The van der Waals surface area contributed by atoms with Crippen LogP contribution < -0.4 is 15.5 Å². The van der Waals surface area contributed by atoms with Crippen molar-refractivity contribution in [1.82, 2.24) is 5.32 Å². The van der Waals surface area contributed by atoms with Crippen LogP contribution in [0.3, 0.4) is 0 Å². The fraction of sp³-hybridized carbons (Fsp3) is 0.300. The van der Waals surface area contributed by atoms with E-state index in [-0.39, 0.29) is 24.9 Å². The van der Waals surface area contributed by atoms with Crippen LogP contribution in [0.15, 0.2) is 77.3 Å². The van der Waals surface area contributed by atoms with Gasteiger partial charge in [0.1, 0.15) is 0 Å². The molecule has 0 radical (unpaired) electrons. The summed E-state index contributed by atoms with van der Waals surface area (Å²) < 4.78 is 0.871. The second-order valence-electron chi connectivity index (χ2n) is 9.55. The molecule has 1 saturated carbocycles. The third-order valence-electron chi connectivity index (χ3n) is 6.78. The van der Waals surface area contributed by atoms with E-state index >= 15 is 0 Å². The minimum absolute atomic E-state index is 0.0658. The van der Waals surface area contributed by atoms with E-state index in [1.54, 1.807) is 17.0 Å². The Hall–Kier alpha value is -3.65. The van der Waals surface area contributed by atoms with Crippen molar-refractivity contribution in [3.8, 4) is 0 Å². The van der Waals surface area contributed by atoms with Gasteiger partial charge in [0.2, 0.25) is 0 Å². The number of aliphatic carboxylic acids is 1. The van der Waals surface area contributed by atoms with E-state index in [0.29, 0.717) is 23.7 Å². The van der Waals surface area contributed by atoms with Crippen LogP contribution in [0.1, 0.15) is 65.9 Å². The van der Waals surface area contributed by atoms with Crippen molar-refractivity contribution in [2.45, 2.75) is 51.0 Å². The number of benzene rings is 3. The van der Waals surface area contributed by atoms with Gasteiger partial charge in [0.25, 0.3) is 5.91 Å². The van der Waals surface area contributed by atoms with Crippen molar-refractivity contribution in [2.75, 3.05) is 16.8 Å². The number of nitrogens with one attached hydrogen (secondary N) is 2. The van der Waals surface area contributed by atoms with Gasteiger partial charge in [-0.05, 0) is 72.4 Å². The fourth-order valence-electron chi connectivity index (χ4n) is 4.73. The first-order valence-electron chi connectivity index (χ1n) is 12.9. The molecule has 1 aliphatic rings. The average Bonchev–Trinajstić information content (AvgIpc) is 2.92. The van der Waals surface area contributed by atoms with Crippen molar-refractivity contribution in [2.24, 2.45) is 0 Å². The first-order valence-corrected chi connectivity index (χ1v) is 13.7. The van der Waals surface area contributed by atoms with E-state index < -0.39 is 5.97 Å². The molecule has 3 aromatic carbocycles. The first-order chi connectivity index (χ1) is 18.4. The summed E-state index contributed by atoms with van der Waals surface area (Å²) in [6.07, 6.45) is 6.12. The number of carbonyl (C=O) groups excluding carboxylic acids is 2. The molecule has 0 aromatic heterocycles. The summed E-state index contributed by atoms with van der Waals surface area (Å²) in [4.78, 5) is 38.1. The Bertz CT molecular complexity index is 1260. The van der Waals surface area contributed by atoms with Gasteiger partial charge in [-0.2, -0.15) is 0 Å². The lowest BCUT2D eigenvalue weighted by Crippen LogP contribution is -2.34. The number of amides is 3. The number of rotatable bonds is 9. The van der Waals surface area contributed by atoms with Gasteiger partial charge in [-0.25, -0.2) is 4.79 Å². The van der Waals surface area contributed by atoms with Gasteiger partial charge in [-0.1, -0.05) is 65.5 Å². The highest BCUT2D eigenvalue weighted by Gasteiger charge is 2.20. The molecule has 0 spiro atoms. The molecule has 38 heavy (non-hydrogen) atoms. The lowest BCUT2D eigenvalue weighted by atomic mass is 9.84. The number of hydrogen-bond acceptors (Lipinski definition) is 3. The highest BCUT2D eigenvalue weighted by atomic mass is 79.9. The summed E-state index contributed by atoms with van der Waals surface area (Å²) >= 11 is 3.45. The van der Waals surface area contributed by atoms with Crippen LogP contribution in [-0.2, 0) is 11.3 Å². The van der Waals surface area contributed by atoms with E-state index in [2.05, 4.69) is 38.7 Å². The molecule has 0 heterocycles. The quantitative estimate of drug-likeness (QED) is 0.256. The molecule has 4 rings (SSSR count). The zero-order valence-electron chi connectivity index (χ0n) is 21.2. The Balaban J connectivity index is 1.51. The van der Waals surface area contributed by atoms with Gasteiger partial charge < -0.3 is 15.7 Å². The number of carboxylic acid groups (broad SMARTS) is 1. The van der Waals surface area contributed by atoms with E-state index in [1.807, 2.05) is 48.5 Å². The molecule has 0 atom stereocenters. The maximum atomic E-state index is 13.5. The third-order valence-corrected chi connectivity index (χ3v) is 7.28. The van der Waals surface area contributed by atoms with Crippen LogP contribution in [-0.4, -0.2) is 29.6 Å².